The molecule has 5 nitrogen and oxygen atoms in total. The molecule has 1 saturated heterocycles. The van der Waals surface area contributed by atoms with Crippen LogP contribution < -0.4 is 4.90 Å². The van der Waals surface area contributed by atoms with Crippen molar-refractivity contribution in [2.75, 3.05) is 11.4 Å². The van der Waals surface area contributed by atoms with Crippen molar-refractivity contribution in [3.8, 4) is 0 Å². The third-order valence-electron chi connectivity index (χ3n) is 5.15. The SMILES string of the molecule is Cc1cc(N2C=C3CCCN3C2c2ccc3ncnn3c2)c(Cl)cc1F. The molecule has 7 heteroatoms. The Morgan fingerprint density at radius 2 is 2.15 bits per heavy atom. The summed E-state index contributed by atoms with van der Waals surface area (Å²) in [7, 11) is 0. The van der Waals surface area contributed by atoms with Gasteiger partial charge in [0.15, 0.2) is 5.65 Å². The molecule has 3 aromatic rings. The lowest BCUT2D eigenvalue weighted by Gasteiger charge is -2.33. The minimum absolute atomic E-state index is 0.0246. The van der Waals surface area contributed by atoms with Gasteiger partial charge in [-0.25, -0.2) is 13.9 Å². The quantitative estimate of drug-likeness (QED) is 0.675. The van der Waals surface area contributed by atoms with Crippen molar-refractivity contribution in [2.45, 2.75) is 25.9 Å². The minimum Gasteiger partial charge on any atom is -0.349 e. The largest absolute Gasteiger partial charge is 0.349 e. The van der Waals surface area contributed by atoms with Gasteiger partial charge < -0.3 is 9.80 Å². The molecule has 0 N–H and O–H groups in total. The number of hydrogen-bond acceptors (Lipinski definition) is 4. The second kappa shape index (κ2) is 5.71. The van der Waals surface area contributed by atoms with E-state index in [1.54, 1.807) is 17.8 Å². The van der Waals surface area contributed by atoms with Gasteiger partial charge in [-0.2, -0.15) is 5.10 Å². The van der Waals surface area contributed by atoms with Crippen LogP contribution in [0.25, 0.3) is 5.65 Å². The van der Waals surface area contributed by atoms with Crippen LogP contribution in [0.4, 0.5) is 10.1 Å². The van der Waals surface area contributed by atoms with Crippen LogP contribution in [0.15, 0.2) is 48.7 Å². The lowest BCUT2D eigenvalue weighted by atomic mass is 10.1. The van der Waals surface area contributed by atoms with Gasteiger partial charge in [-0.15, -0.1) is 0 Å². The Balaban J connectivity index is 1.65. The predicted molar refractivity (Wildman–Crippen MR) is 98.4 cm³/mol. The number of fused-ring (bicyclic) bond motifs is 2. The molecule has 4 heterocycles. The third-order valence-corrected chi connectivity index (χ3v) is 5.45. The predicted octanol–water partition coefficient (Wildman–Crippen LogP) is 4.29. The summed E-state index contributed by atoms with van der Waals surface area (Å²) in [6.07, 6.45) is 7.84. The molecule has 2 aromatic heterocycles. The summed E-state index contributed by atoms with van der Waals surface area (Å²) in [4.78, 5) is 8.74. The van der Waals surface area contributed by atoms with Crippen LogP contribution in [-0.4, -0.2) is 26.0 Å². The van der Waals surface area contributed by atoms with Crippen molar-refractivity contribution in [1.82, 2.24) is 19.5 Å². The first-order valence-electron chi connectivity index (χ1n) is 8.62. The minimum atomic E-state index is -0.285. The van der Waals surface area contributed by atoms with Crippen molar-refractivity contribution < 1.29 is 4.39 Å². The van der Waals surface area contributed by atoms with Gasteiger partial charge in [0.2, 0.25) is 0 Å². The number of allylic oxidation sites excluding steroid dienone is 1. The summed E-state index contributed by atoms with van der Waals surface area (Å²) >= 11 is 6.41. The van der Waals surface area contributed by atoms with Crippen LogP contribution in [0, 0.1) is 12.7 Å². The van der Waals surface area contributed by atoms with E-state index in [-0.39, 0.29) is 12.0 Å². The fourth-order valence-electron chi connectivity index (χ4n) is 3.88. The van der Waals surface area contributed by atoms with Gasteiger partial charge in [0.05, 0.1) is 10.7 Å². The van der Waals surface area contributed by atoms with Crippen LogP contribution in [0.5, 0.6) is 0 Å². The molecule has 1 aromatic carbocycles. The first kappa shape index (κ1) is 15.6. The van der Waals surface area contributed by atoms with E-state index >= 15 is 0 Å². The molecule has 1 fully saturated rings. The van der Waals surface area contributed by atoms with E-state index < -0.39 is 0 Å². The smallest absolute Gasteiger partial charge is 0.155 e. The van der Waals surface area contributed by atoms with E-state index in [0.717, 1.165) is 36.3 Å². The highest BCUT2D eigenvalue weighted by atomic mass is 35.5. The first-order valence-corrected chi connectivity index (χ1v) is 9.00. The number of nitrogens with zero attached hydrogens (tertiary/aromatic N) is 5. The van der Waals surface area contributed by atoms with Crippen molar-refractivity contribution in [3.05, 3.63) is 70.7 Å². The molecule has 2 aliphatic rings. The molecule has 132 valence electrons. The number of pyridine rings is 1. The third kappa shape index (κ3) is 2.29. The van der Waals surface area contributed by atoms with Gasteiger partial charge in [0.1, 0.15) is 18.3 Å². The highest BCUT2D eigenvalue weighted by Gasteiger charge is 2.37. The fraction of sp³-hybridized carbons (Fsp3) is 0.263. The van der Waals surface area contributed by atoms with Crippen LogP contribution in [0.2, 0.25) is 5.02 Å². The van der Waals surface area contributed by atoms with Gasteiger partial charge in [0, 0.05) is 30.2 Å². The number of anilines is 1. The number of aromatic nitrogens is 3. The van der Waals surface area contributed by atoms with Gasteiger partial charge >= 0.3 is 0 Å². The first-order chi connectivity index (χ1) is 12.6. The lowest BCUT2D eigenvalue weighted by molar-refractivity contribution is 0.318. The Hall–Kier alpha value is -2.60. The maximum Gasteiger partial charge on any atom is 0.155 e. The molecule has 5 rings (SSSR count). The van der Waals surface area contributed by atoms with Crippen LogP contribution >= 0.6 is 11.6 Å². The summed E-state index contributed by atoms with van der Waals surface area (Å²) in [6, 6.07) is 7.25. The van der Waals surface area contributed by atoms with E-state index in [2.05, 4.69) is 32.1 Å². The lowest BCUT2D eigenvalue weighted by Crippen LogP contribution is -2.31. The Morgan fingerprint density at radius 3 is 3.04 bits per heavy atom. The Bertz CT molecular complexity index is 1040. The molecular formula is C19H17ClFN5. The molecule has 1 unspecified atom stereocenters. The van der Waals surface area contributed by atoms with Crippen LogP contribution in [0.3, 0.4) is 0 Å². The number of hydrogen-bond donors (Lipinski definition) is 0. The van der Waals surface area contributed by atoms with Gasteiger partial charge in [0.25, 0.3) is 0 Å². The van der Waals surface area contributed by atoms with Gasteiger partial charge in [-0.1, -0.05) is 11.6 Å². The topological polar surface area (TPSA) is 36.7 Å². The normalized spacial score (nSPS) is 19.3. The molecule has 0 bridgehead atoms. The summed E-state index contributed by atoms with van der Waals surface area (Å²) in [6.45, 7) is 2.75. The molecule has 2 aliphatic heterocycles. The maximum absolute atomic E-state index is 13.9. The average molecular weight is 370 g/mol. The second-order valence-electron chi connectivity index (χ2n) is 6.78. The van der Waals surface area contributed by atoms with E-state index in [1.807, 2.05) is 18.3 Å². The zero-order chi connectivity index (χ0) is 17.8. The standard InChI is InChI=1S/C19H17ClFN5/c1-12-7-17(15(20)8-16(12)21)25-10-14-3-2-6-24(14)19(25)13-4-5-18-22-11-23-26(18)9-13/h4-5,7-11,19H,2-3,6H2,1H3. The van der Waals surface area contributed by atoms with Crippen LogP contribution in [-0.2, 0) is 0 Å². The molecule has 0 spiro atoms. The fourth-order valence-corrected chi connectivity index (χ4v) is 4.13. The number of rotatable bonds is 2. The Kier molecular flexibility index (Phi) is 3.43. The molecule has 0 aliphatic carbocycles. The summed E-state index contributed by atoms with van der Waals surface area (Å²) in [5.41, 5.74) is 4.58. The van der Waals surface area contributed by atoms with E-state index in [0.29, 0.717) is 10.6 Å². The summed E-state index contributed by atoms with van der Waals surface area (Å²) in [5, 5.41) is 4.67. The van der Waals surface area contributed by atoms with Gasteiger partial charge in [-0.05, 0) is 49.6 Å². The zero-order valence-electron chi connectivity index (χ0n) is 14.2. The monoisotopic (exact) mass is 369 g/mol. The summed E-state index contributed by atoms with van der Waals surface area (Å²) < 4.78 is 15.7. The molecule has 0 saturated carbocycles. The van der Waals surface area contributed by atoms with E-state index in [4.69, 9.17) is 11.6 Å². The van der Waals surface area contributed by atoms with Crippen molar-refractivity contribution in [2.24, 2.45) is 0 Å². The van der Waals surface area contributed by atoms with Crippen molar-refractivity contribution >= 4 is 22.9 Å². The molecule has 1 atom stereocenters. The maximum atomic E-state index is 13.9. The molecule has 0 amide bonds. The van der Waals surface area contributed by atoms with E-state index in [1.165, 1.54) is 11.8 Å². The Labute approximate surface area is 155 Å². The Morgan fingerprint density at radius 1 is 1.27 bits per heavy atom. The van der Waals surface area contributed by atoms with Crippen molar-refractivity contribution in [1.29, 1.82) is 0 Å². The zero-order valence-corrected chi connectivity index (χ0v) is 15.0. The summed E-state index contributed by atoms with van der Waals surface area (Å²) in [5.74, 6) is -0.285. The highest BCUT2D eigenvalue weighted by Crippen LogP contribution is 2.45. The second-order valence-corrected chi connectivity index (χ2v) is 7.18. The van der Waals surface area contributed by atoms with Crippen molar-refractivity contribution in [3.63, 3.8) is 0 Å². The number of aryl methyl sites for hydroxylation is 1. The van der Waals surface area contributed by atoms with Gasteiger partial charge in [-0.3, -0.25) is 0 Å². The van der Waals surface area contributed by atoms with E-state index in [9.17, 15) is 4.39 Å². The molecular weight excluding hydrogens is 353 g/mol. The van der Waals surface area contributed by atoms with Crippen LogP contribution in [0.1, 0.15) is 30.1 Å². The highest BCUT2D eigenvalue weighted by molar-refractivity contribution is 6.33. The molecule has 26 heavy (non-hydrogen) atoms. The molecule has 0 radical (unpaired) electrons. The average Bonchev–Trinajstić information content (AvgIpc) is 3.32. The number of halogens is 2. The number of benzene rings is 1.